The molecular formula is C34H36Cl2F2N4O8S2. The average molecular weight is 802 g/mol. The summed E-state index contributed by atoms with van der Waals surface area (Å²) < 4.78 is 37.9. The van der Waals surface area contributed by atoms with Crippen LogP contribution < -0.4 is 20.9 Å². The molecule has 4 rings (SSSR count). The molecule has 18 heteroatoms. The maximum absolute atomic E-state index is 13.9. The number of ether oxygens (including phenoxy) is 2. The van der Waals surface area contributed by atoms with E-state index in [1.54, 1.807) is 39.8 Å². The van der Waals surface area contributed by atoms with Crippen LogP contribution in [-0.2, 0) is 22.4 Å². The monoisotopic (exact) mass is 800 g/mol. The molecule has 0 atom stereocenters. The smallest absolute Gasteiger partial charge is 0.353 e. The van der Waals surface area contributed by atoms with Crippen LogP contribution in [0, 0.1) is 33.3 Å². The Balaban J connectivity index is 0.000000501. The zero-order valence-electron chi connectivity index (χ0n) is 28.1. The summed E-state index contributed by atoms with van der Waals surface area (Å²) in [6.45, 7) is 6.38. The van der Waals surface area contributed by atoms with Crippen LogP contribution in [0.2, 0.25) is 0 Å². The maximum Gasteiger partial charge on any atom is 0.353 e. The minimum atomic E-state index is -0.958. The van der Waals surface area contributed by atoms with Crippen LogP contribution in [0.4, 0.5) is 8.78 Å². The molecule has 0 saturated heterocycles. The quantitative estimate of drug-likeness (QED) is 0.0375. The lowest BCUT2D eigenvalue weighted by Crippen LogP contribution is -2.25. The van der Waals surface area contributed by atoms with Gasteiger partial charge in [-0.2, -0.15) is 0 Å². The number of carboxylic acids is 2. The average Bonchev–Trinajstić information content (AvgIpc) is 3.68. The fourth-order valence-electron chi connectivity index (χ4n) is 3.99. The number of thiophene rings is 2. The first-order chi connectivity index (χ1) is 23.2. The van der Waals surface area contributed by atoms with Gasteiger partial charge in [0.2, 0.25) is 0 Å². The number of rotatable bonds is 12. The maximum atomic E-state index is 13.9. The molecular weight excluding hydrogens is 765 g/mol. The van der Waals surface area contributed by atoms with Gasteiger partial charge in [0.1, 0.15) is 21.4 Å². The van der Waals surface area contributed by atoms with Gasteiger partial charge in [-0.15, -0.1) is 47.5 Å². The summed E-state index contributed by atoms with van der Waals surface area (Å²) in [4.78, 5) is 48.5. The van der Waals surface area contributed by atoms with Crippen molar-refractivity contribution < 1.29 is 47.6 Å². The topological polar surface area (TPSA) is 227 Å². The molecule has 0 amide bonds. The van der Waals surface area contributed by atoms with E-state index in [9.17, 15) is 28.0 Å². The molecule has 0 aliphatic rings. The molecule has 12 nitrogen and oxygen atoms in total. The number of halogens is 4. The minimum absolute atomic E-state index is 0. The van der Waals surface area contributed by atoms with Gasteiger partial charge in [-0.05, 0) is 101 Å². The van der Waals surface area contributed by atoms with Crippen LogP contribution in [0.5, 0.6) is 11.5 Å². The van der Waals surface area contributed by atoms with E-state index in [1.807, 2.05) is 0 Å². The highest BCUT2D eigenvalue weighted by atomic mass is 35.5. The number of hydrogen-bond acceptors (Lipinski definition) is 10. The van der Waals surface area contributed by atoms with Crippen LogP contribution >= 0.6 is 47.5 Å². The van der Waals surface area contributed by atoms with Crippen molar-refractivity contribution in [1.29, 1.82) is 10.8 Å². The predicted octanol–water partition coefficient (Wildman–Crippen LogP) is 6.93. The Bertz CT molecular complexity index is 1840. The lowest BCUT2D eigenvalue weighted by atomic mass is 9.89. The van der Waals surface area contributed by atoms with Crippen LogP contribution in [0.1, 0.15) is 67.9 Å². The molecule has 0 unspecified atom stereocenters. The zero-order chi connectivity index (χ0) is 37.6. The number of carboxylic acid groups (broad SMARTS) is 2. The van der Waals surface area contributed by atoms with E-state index in [0.29, 0.717) is 9.75 Å². The van der Waals surface area contributed by atoms with Gasteiger partial charge in [-0.25, -0.2) is 18.4 Å². The number of benzene rings is 2. The second-order valence-corrected chi connectivity index (χ2v) is 14.5. The van der Waals surface area contributed by atoms with Crippen LogP contribution in [0.3, 0.4) is 0 Å². The summed E-state index contributed by atoms with van der Waals surface area (Å²) in [7, 11) is 0. The number of amidine groups is 2. The molecule has 0 saturated carbocycles. The van der Waals surface area contributed by atoms with Gasteiger partial charge >= 0.3 is 23.9 Å². The van der Waals surface area contributed by atoms with E-state index < -0.39 is 46.3 Å². The van der Waals surface area contributed by atoms with E-state index in [-0.39, 0.29) is 81.7 Å². The lowest BCUT2D eigenvalue weighted by molar-refractivity contribution is -0.147. The van der Waals surface area contributed by atoms with Crippen LogP contribution in [0.15, 0.2) is 60.7 Å². The molecule has 4 aromatic rings. The van der Waals surface area contributed by atoms with Crippen LogP contribution in [0.25, 0.3) is 0 Å². The Morgan fingerprint density at radius 2 is 0.981 bits per heavy atom. The number of nitrogens with one attached hydrogen (secondary N) is 2. The Morgan fingerprint density at radius 1 is 0.654 bits per heavy atom. The highest BCUT2D eigenvalue weighted by Crippen LogP contribution is 2.30. The number of hydrogen-bond donors (Lipinski definition) is 6. The van der Waals surface area contributed by atoms with E-state index in [4.69, 9.17) is 42.0 Å². The summed E-state index contributed by atoms with van der Waals surface area (Å²) >= 11 is 2.21. The summed E-state index contributed by atoms with van der Waals surface area (Å²) in [5.41, 5.74) is 8.99. The Morgan fingerprint density at radius 3 is 1.25 bits per heavy atom. The lowest BCUT2D eigenvalue weighted by Gasteiger charge is -2.17. The number of nitrogens with two attached hydrogens (primary N) is 2. The van der Waals surface area contributed by atoms with Crippen molar-refractivity contribution in [3.63, 3.8) is 0 Å². The second-order valence-electron chi connectivity index (χ2n) is 12.2. The molecule has 52 heavy (non-hydrogen) atoms. The van der Waals surface area contributed by atoms with E-state index >= 15 is 0 Å². The van der Waals surface area contributed by atoms with Gasteiger partial charge in [0.25, 0.3) is 0 Å². The van der Waals surface area contributed by atoms with Crippen LogP contribution in [-0.4, -0.2) is 45.8 Å². The highest BCUT2D eigenvalue weighted by molar-refractivity contribution is 7.14. The SMILES string of the molecule is CC(C)(Cc1ccc(C(=O)Oc2ccc(C(=N)N)cc2F)s1)C(=O)O.CC(C)(Cc1ccc(C(=O)Oc2ccc(C(=N)N)cc2F)s1)C(=O)O.Cl.Cl. The molecule has 2 aromatic carbocycles. The highest BCUT2D eigenvalue weighted by Gasteiger charge is 2.29. The molecule has 2 heterocycles. The van der Waals surface area contributed by atoms with Crippen molar-refractivity contribution in [2.45, 2.75) is 40.5 Å². The van der Waals surface area contributed by atoms with E-state index in [0.717, 1.165) is 34.8 Å². The minimum Gasteiger partial charge on any atom is -0.481 e. The normalized spacial score (nSPS) is 10.7. The standard InChI is InChI=1S/2C17H17FN2O4S.2ClH/c2*1-17(2,16(22)23)8-10-4-6-13(25-10)15(21)24-12-5-3-9(14(19)20)7-11(12)18;;/h2*3-7H,8H2,1-2H3,(H3,19,20)(H,22,23);2*1H. The molecule has 0 radical (unpaired) electrons. The summed E-state index contributed by atoms with van der Waals surface area (Å²) in [6.07, 6.45) is 0.532. The molecule has 0 fully saturated rings. The van der Waals surface area contributed by atoms with Crippen molar-refractivity contribution in [3.05, 3.63) is 103 Å². The Kier molecular flexibility index (Phi) is 16.1. The van der Waals surface area contributed by atoms with Crippen molar-refractivity contribution in [3.8, 4) is 11.5 Å². The van der Waals surface area contributed by atoms with E-state index in [1.165, 1.54) is 36.4 Å². The summed E-state index contributed by atoms with van der Waals surface area (Å²) in [5.74, 6) is -6.06. The Hall–Kier alpha value is -4.90. The second kappa shape index (κ2) is 18.5. The largest absolute Gasteiger partial charge is 0.481 e. The van der Waals surface area contributed by atoms with Gasteiger partial charge < -0.3 is 31.2 Å². The number of nitrogen functional groups attached to an aromatic ring is 2. The number of aliphatic carboxylic acids is 2. The first kappa shape index (κ1) is 45.1. The van der Waals surface area contributed by atoms with E-state index in [2.05, 4.69) is 0 Å². The molecule has 0 aliphatic carbocycles. The molecule has 2 aromatic heterocycles. The Labute approximate surface area is 317 Å². The van der Waals surface area contributed by atoms with Crippen molar-refractivity contribution in [2.75, 3.05) is 0 Å². The molecule has 0 spiro atoms. The van der Waals surface area contributed by atoms with Gasteiger partial charge in [0, 0.05) is 20.9 Å². The van der Waals surface area contributed by atoms with Crippen molar-refractivity contribution in [1.82, 2.24) is 0 Å². The van der Waals surface area contributed by atoms with Crippen molar-refractivity contribution in [2.24, 2.45) is 22.3 Å². The first-order valence-electron chi connectivity index (χ1n) is 14.6. The molecule has 8 N–H and O–H groups in total. The van der Waals surface area contributed by atoms with Gasteiger partial charge in [-0.1, -0.05) is 0 Å². The third-order valence-electron chi connectivity index (χ3n) is 7.01. The molecule has 0 bridgehead atoms. The molecule has 0 aliphatic heterocycles. The third-order valence-corrected chi connectivity index (χ3v) is 9.14. The van der Waals surface area contributed by atoms with Gasteiger partial charge in [0.15, 0.2) is 23.1 Å². The third kappa shape index (κ3) is 12.1. The fourth-order valence-corrected chi connectivity index (χ4v) is 6.22. The van der Waals surface area contributed by atoms with Crippen molar-refractivity contribution >= 4 is 83.0 Å². The fraction of sp³-hybridized carbons (Fsp3) is 0.235. The summed E-state index contributed by atoms with van der Waals surface area (Å²) in [5, 5.41) is 32.8. The number of carbonyl (C=O) groups is 4. The van der Waals surface area contributed by atoms with Gasteiger partial charge in [0.05, 0.1) is 10.8 Å². The molecule has 280 valence electrons. The number of carbonyl (C=O) groups excluding carboxylic acids is 2. The predicted molar refractivity (Wildman–Crippen MR) is 198 cm³/mol. The zero-order valence-corrected chi connectivity index (χ0v) is 31.3. The number of esters is 2. The summed E-state index contributed by atoms with van der Waals surface area (Å²) in [6, 6.07) is 13.6. The van der Waals surface area contributed by atoms with Gasteiger partial charge in [-0.3, -0.25) is 20.4 Å². The first-order valence-corrected chi connectivity index (χ1v) is 16.2.